The SMILES string of the molecule is CCC(C)(C)N(C)C(C)C(=O)c1ccc(C)cc1. The molecule has 0 aliphatic carbocycles. The fourth-order valence-electron chi connectivity index (χ4n) is 1.91. The van der Waals surface area contributed by atoms with Gasteiger partial charge in [0.25, 0.3) is 0 Å². The minimum absolute atomic E-state index is 0.0414. The Labute approximate surface area is 111 Å². The summed E-state index contributed by atoms with van der Waals surface area (Å²) in [6, 6.07) is 7.72. The molecule has 0 fully saturated rings. The van der Waals surface area contributed by atoms with Gasteiger partial charge in [-0.1, -0.05) is 36.8 Å². The van der Waals surface area contributed by atoms with Crippen molar-refractivity contribution in [3.05, 3.63) is 35.4 Å². The molecule has 0 saturated heterocycles. The van der Waals surface area contributed by atoms with Crippen LogP contribution in [-0.4, -0.2) is 29.3 Å². The van der Waals surface area contributed by atoms with E-state index in [9.17, 15) is 4.79 Å². The average Bonchev–Trinajstić information content (AvgIpc) is 2.37. The number of carbonyl (C=O) groups excluding carboxylic acids is 1. The van der Waals surface area contributed by atoms with Gasteiger partial charge in [0.15, 0.2) is 5.78 Å². The number of hydrogen-bond acceptors (Lipinski definition) is 2. The minimum Gasteiger partial charge on any atom is -0.292 e. The molecule has 18 heavy (non-hydrogen) atoms. The first-order chi connectivity index (χ1) is 8.29. The molecule has 0 radical (unpaired) electrons. The molecule has 0 saturated carbocycles. The standard InChI is InChI=1S/C16H25NO/c1-7-16(4,5)17(6)13(3)15(18)14-10-8-12(2)9-11-14/h8-11,13H,7H2,1-6H3. The lowest BCUT2D eigenvalue weighted by molar-refractivity contribution is 0.0677. The van der Waals surface area contributed by atoms with Crippen LogP contribution < -0.4 is 0 Å². The van der Waals surface area contributed by atoms with Crippen molar-refractivity contribution in [1.82, 2.24) is 4.90 Å². The van der Waals surface area contributed by atoms with Crippen molar-refractivity contribution < 1.29 is 4.79 Å². The van der Waals surface area contributed by atoms with E-state index in [1.807, 2.05) is 45.2 Å². The maximum atomic E-state index is 12.4. The quantitative estimate of drug-likeness (QED) is 0.740. The number of likely N-dealkylation sites (N-methyl/N-ethyl adjacent to an activating group) is 1. The summed E-state index contributed by atoms with van der Waals surface area (Å²) in [5.41, 5.74) is 2.02. The van der Waals surface area contributed by atoms with E-state index in [4.69, 9.17) is 0 Å². The number of nitrogens with zero attached hydrogens (tertiary/aromatic N) is 1. The number of rotatable bonds is 5. The van der Waals surface area contributed by atoms with E-state index < -0.39 is 0 Å². The Hall–Kier alpha value is -1.15. The Morgan fingerprint density at radius 2 is 1.78 bits per heavy atom. The van der Waals surface area contributed by atoms with Gasteiger partial charge in [0.2, 0.25) is 0 Å². The molecule has 1 rings (SSSR count). The Balaban J connectivity index is 2.87. The zero-order valence-corrected chi connectivity index (χ0v) is 12.4. The average molecular weight is 247 g/mol. The molecule has 0 aliphatic rings. The third-order valence-electron chi connectivity index (χ3n) is 4.12. The molecule has 1 atom stereocenters. The van der Waals surface area contributed by atoms with Crippen molar-refractivity contribution in [2.45, 2.75) is 52.6 Å². The van der Waals surface area contributed by atoms with Gasteiger partial charge in [0.05, 0.1) is 6.04 Å². The van der Waals surface area contributed by atoms with Crippen molar-refractivity contribution in [3.63, 3.8) is 0 Å². The molecule has 100 valence electrons. The van der Waals surface area contributed by atoms with Gasteiger partial charge in [-0.2, -0.15) is 0 Å². The highest BCUT2D eigenvalue weighted by atomic mass is 16.1. The monoisotopic (exact) mass is 247 g/mol. The molecule has 0 spiro atoms. The third-order valence-corrected chi connectivity index (χ3v) is 4.12. The highest BCUT2D eigenvalue weighted by molar-refractivity contribution is 5.99. The second-order valence-electron chi connectivity index (χ2n) is 5.68. The molecule has 0 aromatic heterocycles. The van der Waals surface area contributed by atoms with Crippen molar-refractivity contribution in [2.75, 3.05) is 7.05 Å². The van der Waals surface area contributed by atoms with Crippen LogP contribution in [0.25, 0.3) is 0 Å². The topological polar surface area (TPSA) is 20.3 Å². The van der Waals surface area contributed by atoms with Gasteiger partial charge in [-0.25, -0.2) is 0 Å². The molecule has 0 aliphatic heterocycles. The Kier molecular flexibility index (Phi) is 4.69. The first-order valence-electron chi connectivity index (χ1n) is 6.63. The summed E-state index contributed by atoms with van der Waals surface area (Å²) in [4.78, 5) is 14.6. The van der Waals surface area contributed by atoms with Crippen LogP contribution in [0.2, 0.25) is 0 Å². The Morgan fingerprint density at radius 3 is 2.22 bits per heavy atom. The molecule has 0 N–H and O–H groups in total. The van der Waals surface area contributed by atoms with Crippen LogP contribution in [0, 0.1) is 6.92 Å². The smallest absolute Gasteiger partial charge is 0.179 e. The largest absolute Gasteiger partial charge is 0.292 e. The molecule has 0 amide bonds. The van der Waals surface area contributed by atoms with Crippen LogP contribution in [0.4, 0.5) is 0 Å². The summed E-state index contributed by atoms with van der Waals surface area (Å²) in [5, 5.41) is 0. The van der Waals surface area contributed by atoms with Crippen molar-refractivity contribution in [3.8, 4) is 0 Å². The van der Waals surface area contributed by atoms with Gasteiger partial charge in [0.1, 0.15) is 0 Å². The molecule has 0 heterocycles. The highest BCUT2D eigenvalue weighted by Gasteiger charge is 2.29. The van der Waals surface area contributed by atoms with Crippen LogP contribution in [-0.2, 0) is 0 Å². The fraction of sp³-hybridized carbons (Fsp3) is 0.562. The summed E-state index contributed by atoms with van der Waals surface area (Å²) < 4.78 is 0. The van der Waals surface area contributed by atoms with Gasteiger partial charge in [-0.05, 0) is 41.2 Å². The number of carbonyl (C=O) groups is 1. The normalized spacial score (nSPS) is 13.7. The van der Waals surface area contributed by atoms with E-state index in [1.165, 1.54) is 5.56 Å². The van der Waals surface area contributed by atoms with Crippen LogP contribution in [0.5, 0.6) is 0 Å². The molecule has 0 bridgehead atoms. The van der Waals surface area contributed by atoms with E-state index in [-0.39, 0.29) is 17.4 Å². The van der Waals surface area contributed by atoms with Crippen molar-refractivity contribution in [2.24, 2.45) is 0 Å². The number of Topliss-reactive ketones (excluding diaryl/α,β-unsaturated/α-hetero) is 1. The first-order valence-corrected chi connectivity index (χ1v) is 6.63. The van der Waals surface area contributed by atoms with Gasteiger partial charge < -0.3 is 0 Å². The zero-order valence-electron chi connectivity index (χ0n) is 12.4. The lowest BCUT2D eigenvalue weighted by Crippen LogP contribution is -2.49. The lowest BCUT2D eigenvalue weighted by atomic mass is 9.95. The summed E-state index contributed by atoms with van der Waals surface area (Å²) in [5.74, 6) is 0.194. The van der Waals surface area contributed by atoms with Gasteiger partial charge in [-0.15, -0.1) is 0 Å². The molecular formula is C16H25NO. The molecule has 1 aromatic carbocycles. The summed E-state index contributed by atoms with van der Waals surface area (Å²) in [6.45, 7) is 10.5. The Bertz CT molecular complexity index is 406. The van der Waals surface area contributed by atoms with Gasteiger partial charge in [0, 0.05) is 11.1 Å². The predicted molar refractivity (Wildman–Crippen MR) is 77.1 cm³/mol. The molecule has 1 unspecified atom stereocenters. The fourth-order valence-corrected chi connectivity index (χ4v) is 1.91. The van der Waals surface area contributed by atoms with Gasteiger partial charge in [-0.3, -0.25) is 9.69 Å². The summed E-state index contributed by atoms with van der Waals surface area (Å²) >= 11 is 0. The van der Waals surface area contributed by atoms with Crippen molar-refractivity contribution >= 4 is 5.78 Å². The van der Waals surface area contributed by atoms with E-state index in [0.29, 0.717) is 0 Å². The third kappa shape index (κ3) is 3.20. The predicted octanol–water partition coefficient (Wildman–Crippen LogP) is 3.69. The second kappa shape index (κ2) is 5.66. The Morgan fingerprint density at radius 1 is 1.28 bits per heavy atom. The lowest BCUT2D eigenvalue weighted by Gasteiger charge is -2.38. The second-order valence-corrected chi connectivity index (χ2v) is 5.68. The minimum atomic E-state index is -0.0948. The maximum Gasteiger partial charge on any atom is 0.179 e. The number of hydrogen-bond donors (Lipinski definition) is 0. The van der Waals surface area contributed by atoms with Crippen molar-refractivity contribution in [1.29, 1.82) is 0 Å². The summed E-state index contributed by atoms with van der Waals surface area (Å²) in [7, 11) is 2.03. The van der Waals surface area contributed by atoms with Crippen LogP contribution in [0.1, 0.15) is 50.0 Å². The van der Waals surface area contributed by atoms with Crippen LogP contribution >= 0.6 is 0 Å². The van der Waals surface area contributed by atoms with Crippen LogP contribution in [0.15, 0.2) is 24.3 Å². The van der Waals surface area contributed by atoms with Crippen LogP contribution in [0.3, 0.4) is 0 Å². The zero-order chi connectivity index (χ0) is 13.9. The highest BCUT2D eigenvalue weighted by Crippen LogP contribution is 2.21. The van der Waals surface area contributed by atoms with Gasteiger partial charge >= 0.3 is 0 Å². The van der Waals surface area contributed by atoms with E-state index >= 15 is 0 Å². The molecule has 2 heteroatoms. The maximum absolute atomic E-state index is 12.4. The van der Waals surface area contributed by atoms with E-state index in [0.717, 1.165) is 12.0 Å². The number of aryl methyl sites for hydroxylation is 1. The van der Waals surface area contributed by atoms with E-state index in [1.54, 1.807) is 0 Å². The molecular weight excluding hydrogens is 222 g/mol. The number of ketones is 1. The first kappa shape index (κ1) is 14.9. The molecule has 2 nitrogen and oxygen atoms in total. The summed E-state index contributed by atoms with van der Waals surface area (Å²) in [6.07, 6.45) is 1.02. The number of benzene rings is 1. The van der Waals surface area contributed by atoms with E-state index in [2.05, 4.69) is 25.7 Å². The molecule has 1 aromatic rings.